The molecule has 0 aliphatic carbocycles. The average molecular weight is 408 g/mol. The van der Waals surface area contributed by atoms with Gasteiger partial charge in [-0.1, -0.05) is 6.07 Å². The van der Waals surface area contributed by atoms with Crippen LogP contribution in [0.3, 0.4) is 0 Å². The molecular weight excluding hydrogens is 382 g/mol. The number of carbonyl (C=O) groups excluding carboxylic acids is 1. The summed E-state index contributed by atoms with van der Waals surface area (Å²) in [6.45, 7) is 6.26. The Bertz CT molecular complexity index is 684. The summed E-state index contributed by atoms with van der Waals surface area (Å²) in [6.07, 6.45) is 0.379. The number of hydrogen-bond acceptors (Lipinski definition) is 5. The van der Waals surface area contributed by atoms with Gasteiger partial charge in [-0.3, -0.25) is 4.79 Å². The van der Waals surface area contributed by atoms with E-state index in [1.165, 1.54) is 12.1 Å². The van der Waals surface area contributed by atoms with E-state index in [-0.39, 0.29) is 29.3 Å². The number of thioether (sulfide) groups is 1. The summed E-state index contributed by atoms with van der Waals surface area (Å²) in [5.74, 6) is 1.86. The highest BCUT2D eigenvalue weighted by Crippen LogP contribution is 2.18. The summed E-state index contributed by atoms with van der Waals surface area (Å²) in [4.78, 5) is 12.3. The molecule has 142 valence electrons. The first-order valence-electron chi connectivity index (χ1n) is 7.91. The summed E-state index contributed by atoms with van der Waals surface area (Å²) in [6, 6.07) is 6.48. The van der Waals surface area contributed by atoms with Gasteiger partial charge in [-0.05, 0) is 39.0 Å². The van der Waals surface area contributed by atoms with Crippen molar-refractivity contribution < 1.29 is 13.2 Å². The lowest BCUT2D eigenvalue weighted by Crippen LogP contribution is -2.40. The Hall–Kier alpha value is -0.800. The smallest absolute Gasteiger partial charge is 0.241 e. The monoisotopic (exact) mass is 407 g/mol. The van der Waals surface area contributed by atoms with Crippen molar-refractivity contribution in [2.24, 2.45) is 0 Å². The second kappa shape index (κ2) is 9.23. The van der Waals surface area contributed by atoms with Crippen LogP contribution in [-0.4, -0.2) is 44.0 Å². The Balaban J connectivity index is 0.00000312. The number of anilines is 1. The van der Waals surface area contributed by atoms with E-state index >= 15 is 0 Å². The van der Waals surface area contributed by atoms with Gasteiger partial charge in [0.1, 0.15) is 0 Å². The van der Waals surface area contributed by atoms with Crippen molar-refractivity contribution in [1.29, 1.82) is 0 Å². The van der Waals surface area contributed by atoms with Gasteiger partial charge in [0, 0.05) is 41.7 Å². The Labute approximate surface area is 160 Å². The van der Waals surface area contributed by atoms with Gasteiger partial charge >= 0.3 is 0 Å². The molecule has 0 aromatic heterocycles. The Morgan fingerprint density at radius 3 is 2.68 bits per heavy atom. The Morgan fingerprint density at radius 2 is 2.08 bits per heavy atom. The van der Waals surface area contributed by atoms with Crippen molar-refractivity contribution in [3.8, 4) is 0 Å². The molecular formula is C16H26ClN3O3S2. The van der Waals surface area contributed by atoms with Crippen LogP contribution in [0, 0.1) is 0 Å². The van der Waals surface area contributed by atoms with E-state index in [1.807, 2.05) is 11.8 Å². The number of halogens is 1. The minimum atomic E-state index is -3.62. The Morgan fingerprint density at radius 1 is 1.36 bits per heavy atom. The van der Waals surface area contributed by atoms with Gasteiger partial charge in [-0.25, -0.2) is 13.1 Å². The van der Waals surface area contributed by atoms with E-state index in [4.69, 9.17) is 0 Å². The van der Waals surface area contributed by atoms with Gasteiger partial charge in [0.2, 0.25) is 15.9 Å². The predicted molar refractivity (Wildman–Crippen MR) is 106 cm³/mol. The molecule has 1 aliphatic rings. The number of sulfonamides is 1. The van der Waals surface area contributed by atoms with Crippen LogP contribution in [0.5, 0.6) is 0 Å². The molecule has 0 bridgehead atoms. The zero-order valence-corrected chi connectivity index (χ0v) is 17.1. The molecule has 9 heteroatoms. The molecule has 2 rings (SSSR count). The quantitative estimate of drug-likeness (QED) is 0.696. The zero-order valence-electron chi connectivity index (χ0n) is 14.7. The first-order chi connectivity index (χ1) is 11.2. The van der Waals surface area contributed by atoms with E-state index in [0.29, 0.717) is 12.1 Å². The molecule has 6 nitrogen and oxygen atoms in total. The van der Waals surface area contributed by atoms with Crippen molar-refractivity contribution in [2.75, 3.05) is 23.4 Å². The van der Waals surface area contributed by atoms with Gasteiger partial charge in [0.25, 0.3) is 0 Å². The van der Waals surface area contributed by atoms with Crippen molar-refractivity contribution in [3.63, 3.8) is 0 Å². The fourth-order valence-corrected chi connectivity index (χ4v) is 4.80. The van der Waals surface area contributed by atoms with E-state index < -0.39 is 15.6 Å². The molecule has 1 aliphatic heterocycles. The molecule has 1 atom stereocenters. The highest BCUT2D eigenvalue weighted by molar-refractivity contribution is 7.99. The molecule has 1 amide bonds. The van der Waals surface area contributed by atoms with Crippen molar-refractivity contribution in [3.05, 3.63) is 24.3 Å². The van der Waals surface area contributed by atoms with Crippen molar-refractivity contribution in [2.45, 2.75) is 43.7 Å². The van der Waals surface area contributed by atoms with Crippen LogP contribution in [0.25, 0.3) is 0 Å². The van der Waals surface area contributed by atoms with Crippen LogP contribution < -0.4 is 15.4 Å². The van der Waals surface area contributed by atoms with Crippen molar-refractivity contribution >= 4 is 45.8 Å². The van der Waals surface area contributed by atoms with E-state index in [2.05, 4.69) is 15.4 Å². The number of nitrogens with one attached hydrogen (secondary N) is 3. The molecule has 0 saturated carbocycles. The number of carbonyl (C=O) groups is 1. The number of hydrogen-bond donors (Lipinski definition) is 3. The normalized spacial score (nSPS) is 18.3. The van der Waals surface area contributed by atoms with E-state index in [0.717, 1.165) is 18.1 Å². The number of benzene rings is 1. The van der Waals surface area contributed by atoms with Crippen LogP contribution in [0.2, 0.25) is 0 Å². The second-order valence-corrected chi connectivity index (χ2v) is 9.69. The zero-order chi connectivity index (χ0) is 17.8. The molecule has 1 heterocycles. The third-order valence-corrected chi connectivity index (χ3v) is 6.19. The minimum Gasteiger partial charge on any atom is -0.326 e. The van der Waals surface area contributed by atoms with Crippen LogP contribution in [-0.2, 0) is 14.8 Å². The second-order valence-electron chi connectivity index (χ2n) is 6.86. The van der Waals surface area contributed by atoms with Crippen LogP contribution in [0.15, 0.2) is 29.2 Å². The Kier molecular flexibility index (Phi) is 8.21. The lowest BCUT2D eigenvalue weighted by Gasteiger charge is -2.22. The standard InChI is InChI=1S/C16H25N3O3S2.ClH/c1-16(2,3)19-24(21,22)14-6-4-5-12(9-14)18-15(20)10-13-11-23-8-7-17-13;/h4-6,9,13,17,19H,7-8,10-11H2,1-3H3,(H,18,20);1H. The highest BCUT2D eigenvalue weighted by atomic mass is 35.5. The van der Waals surface area contributed by atoms with Gasteiger partial charge < -0.3 is 10.6 Å². The van der Waals surface area contributed by atoms with Crippen molar-refractivity contribution in [1.82, 2.24) is 10.0 Å². The summed E-state index contributed by atoms with van der Waals surface area (Å²) < 4.78 is 27.3. The van der Waals surface area contributed by atoms with Gasteiger partial charge in [0.05, 0.1) is 4.90 Å². The third-order valence-electron chi connectivity index (χ3n) is 3.30. The molecule has 3 N–H and O–H groups in total. The third kappa shape index (κ3) is 7.53. The number of rotatable bonds is 5. The first-order valence-corrected chi connectivity index (χ1v) is 10.5. The van der Waals surface area contributed by atoms with Gasteiger partial charge in [-0.15, -0.1) is 12.4 Å². The van der Waals surface area contributed by atoms with Crippen LogP contribution in [0.1, 0.15) is 27.2 Å². The average Bonchev–Trinajstić information content (AvgIpc) is 2.46. The maximum absolute atomic E-state index is 12.4. The SMILES string of the molecule is CC(C)(C)NS(=O)(=O)c1cccc(NC(=O)CC2CSCCN2)c1.Cl. The molecule has 1 unspecified atom stereocenters. The maximum atomic E-state index is 12.4. The van der Waals surface area contributed by atoms with E-state index in [9.17, 15) is 13.2 Å². The molecule has 25 heavy (non-hydrogen) atoms. The fourth-order valence-electron chi connectivity index (χ4n) is 2.39. The topological polar surface area (TPSA) is 87.3 Å². The molecule has 1 aromatic rings. The summed E-state index contributed by atoms with van der Waals surface area (Å²) in [5, 5.41) is 6.09. The van der Waals surface area contributed by atoms with Gasteiger partial charge in [-0.2, -0.15) is 11.8 Å². The number of amides is 1. The summed E-state index contributed by atoms with van der Waals surface area (Å²) in [7, 11) is -3.62. The minimum absolute atomic E-state index is 0. The first kappa shape index (κ1) is 22.2. The summed E-state index contributed by atoms with van der Waals surface area (Å²) in [5.41, 5.74) is -0.0807. The highest BCUT2D eigenvalue weighted by Gasteiger charge is 2.22. The lowest BCUT2D eigenvalue weighted by molar-refractivity contribution is -0.116. The lowest BCUT2D eigenvalue weighted by atomic mass is 10.1. The maximum Gasteiger partial charge on any atom is 0.241 e. The largest absolute Gasteiger partial charge is 0.326 e. The van der Waals surface area contributed by atoms with Crippen LogP contribution in [0.4, 0.5) is 5.69 Å². The molecule has 0 radical (unpaired) electrons. The molecule has 1 fully saturated rings. The fraction of sp³-hybridized carbons (Fsp3) is 0.562. The molecule has 1 saturated heterocycles. The predicted octanol–water partition coefficient (Wildman–Crippen LogP) is 2.22. The molecule has 0 spiro atoms. The van der Waals surface area contributed by atoms with Crippen LogP contribution >= 0.6 is 24.2 Å². The summed E-state index contributed by atoms with van der Waals surface area (Å²) >= 11 is 1.83. The van der Waals surface area contributed by atoms with Gasteiger partial charge in [0.15, 0.2) is 0 Å². The molecule has 1 aromatic carbocycles. The van der Waals surface area contributed by atoms with E-state index in [1.54, 1.807) is 32.9 Å².